The fraction of sp³-hybridized carbons (Fsp3) is 0.600. The van der Waals surface area contributed by atoms with Gasteiger partial charge in [0.25, 0.3) is 0 Å². The number of anilines is 1. The maximum atomic E-state index is 5.72. The Bertz CT molecular complexity index is 373. The molecule has 0 aromatic carbocycles. The average Bonchev–Trinajstić information content (AvgIpc) is 2.56. The van der Waals surface area contributed by atoms with E-state index in [9.17, 15) is 0 Å². The zero-order chi connectivity index (χ0) is 11.6. The third kappa shape index (κ3) is 3.04. The van der Waals surface area contributed by atoms with Crippen molar-refractivity contribution >= 4 is 17.4 Å². The van der Waals surface area contributed by atoms with E-state index in [4.69, 9.17) is 21.1 Å². The zero-order valence-corrected chi connectivity index (χ0v) is 9.99. The van der Waals surface area contributed by atoms with Gasteiger partial charge in [-0.05, 0) is 13.8 Å². The van der Waals surface area contributed by atoms with Crippen LogP contribution < -0.4 is 5.32 Å². The van der Waals surface area contributed by atoms with E-state index in [-0.39, 0.29) is 6.10 Å². The number of aromatic nitrogens is 2. The summed E-state index contributed by atoms with van der Waals surface area (Å²) < 4.78 is 11.1. The van der Waals surface area contributed by atoms with Crippen LogP contribution in [0, 0.1) is 0 Å². The van der Waals surface area contributed by atoms with Crippen molar-refractivity contribution in [3.63, 3.8) is 0 Å². The molecule has 1 aromatic rings. The molecule has 0 spiro atoms. The van der Waals surface area contributed by atoms with Crippen LogP contribution in [0.5, 0.6) is 0 Å². The fourth-order valence-electron chi connectivity index (χ4n) is 1.51. The van der Waals surface area contributed by atoms with Gasteiger partial charge >= 0.3 is 0 Å². The second-order valence-corrected chi connectivity index (χ2v) is 4.45. The van der Waals surface area contributed by atoms with E-state index in [2.05, 4.69) is 15.3 Å². The van der Waals surface area contributed by atoms with Gasteiger partial charge in [0.05, 0.1) is 19.0 Å². The summed E-state index contributed by atoms with van der Waals surface area (Å²) in [7, 11) is 0. The van der Waals surface area contributed by atoms with Crippen LogP contribution in [-0.4, -0.2) is 35.0 Å². The molecule has 16 heavy (non-hydrogen) atoms. The summed E-state index contributed by atoms with van der Waals surface area (Å²) in [5, 5.41) is 3.47. The zero-order valence-electron chi connectivity index (χ0n) is 9.24. The molecule has 0 amide bonds. The van der Waals surface area contributed by atoms with Crippen LogP contribution in [0.15, 0.2) is 12.4 Å². The first-order valence-electron chi connectivity index (χ1n) is 5.08. The highest BCUT2D eigenvalue weighted by Gasteiger charge is 2.32. The van der Waals surface area contributed by atoms with Crippen molar-refractivity contribution in [3.05, 3.63) is 17.5 Å². The van der Waals surface area contributed by atoms with Gasteiger partial charge in [-0.25, -0.2) is 4.98 Å². The van der Waals surface area contributed by atoms with Crippen LogP contribution in [-0.2, 0) is 9.47 Å². The molecule has 0 saturated carbocycles. The van der Waals surface area contributed by atoms with Crippen LogP contribution in [0.4, 0.5) is 5.82 Å². The van der Waals surface area contributed by atoms with Crippen molar-refractivity contribution in [3.8, 4) is 0 Å². The van der Waals surface area contributed by atoms with E-state index < -0.39 is 5.79 Å². The Morgan fingerprint density at radius 2 is 2.38 bits per heavy atom. The summed E-state index contributed by atoms with van der Waals surface area (Å²) in [6, 6.07) is 0. The summed E-state index contributed by atoms with van der Waals surface area (Å²) >= 11 is 5.72. The molecule has 88 valence electrons. The lowest BCUT2D eigenvalue weighted by atomic mass is 10.3. The molecular weight excluding hydrogens is 230 g/mol. The van der Waals surface area contributed by atoms with E-state index in [1.165, 1.54) is 6.20 Å². The standard InChI is InChI=1S/C10H14ClN3O2/c1-10(2)15-6-7(16-10)3-13-9-5-12-4-8(11)14-9/h4-5,7H,3,6H2,1-2H3,(H,13,14). The minimum atomic E-state index is -0.494. The Morgan fingerprint density at radius 1 is 1.56 bits per heavy atom. The number of ether oxygens (including phenoxy) is 2. The molecule has 0 radical (unpaired) electrons. The number of nitrogens with zero attached hydrogens (tertiary/aromatic N) is 2. The summed E-state index contributed by atoms with van der Waals surface area (Å²) in [6.07, 6.45) is 3.13. The molecule has 1 aromatic heterocycles. The van der Waals surface area contributed by atoms with Crippen LogP contribution >= 0.6 is 11.6 Å². The van der Waals surface area contributed by atoms with Crippen molar-refractivity contribution in [2.24, 2.45) is 0 Å². The van der Waals surface area contributed by atoms with E-state index in [0.717, 1.165) is 0 Å². The first kappa shape index (κ1) is 11.6. The Hall–Kier alpha value is -0.910. The lowest BCUT2D eigenvalue weighted by molar-refractivity contribution is -0.136. The second-order valence-electron chi connectivity index (χ2n) is 4.06. The number of rotatable bonds is 3. The SMILES string of the molecule is CC1(C)OCC(CNc2cncc(Cl)n2)O1. The van der Waals surface area contributed by atoms with Gasteiger partial charge in [0, 0.05) is 6.54 Å². The molecule has 2 rings (SSSR count). The molecule has 1 atom stereocenters. The van der Waals surface area contributed by atoms with Gasteiger partial charge < -0.3 is 14.8 Å². The van der Waals surface area contributed by atoms with Gasteiger partial charge in [0.1, 0.15) is 17.1 Å². The van der Waals surface area contributed by atoms with Crippen molar-refractivity contribution in [2.45, 2.75) is 25.7 Å². The monoisotopic (exact) mass is 243 g/mol. The van der Waals surface area contributed by atoms with Gasteiger partial charge in [-0.15, -0.1) is 0 Å². The Kier molecular flexibility index (Phi) is 3.28. The molecule has 1 aliphatic rings. The third-order valence-electron chi connectivity index (χ3n) is 2.18. The molecule has 6 heteroatoms. The predicted octanol–water partition coefficient (Wildman–Crippen LogP) is 1.69. The molecule has 5 nitrogen and oxygen atoms in total. The van der Waals surface area contributed by atoms with E-state index in [1.54, 1.807) is 6.20 Å². The fourth-order valence-corrected chi connectivity index (χ4v) is 1.66. The van der Waals surface area contributed by atoms with E-state index in [0.29, 0.717) is 24.1 Å². The molecule has 1 unspecified atom stereocenters. The maximum absolute atomic E-state index is 5.72. The second kappa shape index (κ2) is 4.53. The van der Waals surface area contributed by atoms with Gasteiger partial charge in [-0.1, -0.05) is 11.6 Å². The number of hydrogen-bond donors (Lipinski definition) is 1. The smallest absolute Gasteiger partial charge is 0.163 e. The predicted molar refractivity (Wildman–Crippen MR) is 60.4 cm³/mol. The van der Waals surface area contributed by atoms with Gasteiger partial charge in [0.15, 0.2) is 5.79 Å². The molecule has 0 aliphatic carbocycles. The Morgan fingerprint density at radius 3 is 3.00 bits per heavy atom. The third-order valence-corrected chi connectivity index (χ3v) is 2.37. The lowest BCUT2D eigenvalue weighted by Crippen LogP contribution is -2.26. The Labute approximate surface area is 99.1 Å². The topological polar surface area (TPSA) is 56.3 Å². The van der Waals surface area contributed by atoms with Gasteiger partial charge in [-0.2, -0.15) is 0 Å². The quantitative estimate of drug-likeness (QED) is 0.876. The molecule has 1 aliphatic heterocycles. The average molecular weight is 244 g/mol. The number of halogens is 1. The van der Waals surface area contributed by atoms with E-state index >= 15 is 0 Å². The maximum Gasteiger partial charge on any atom is 0.163 e. The van der Waals surface area contributed by atoms with Crippen LogP contribution in [0.2, 0.25) is 5.15 Å². The van der Waals surface area contributed by atoms with Crippen molar-refractivity contribution < 1.29 is 9.47 Å². The lowest BCUT2D eigenvalue weighted by Gasteiger charge is -2.17. The van der Waals surface area contributed by atoms with Crippen LogP contribution in [0.3, 0.4) is 0 Å². The van der Waals surface area contributed by atoms with E-state index in [1.807, 2.05) is 13.8 Å². The summed E-state index contributed by atoms with van der Waals surface area (Å²) in [6.45, 7) is 4.99. The molecule has 1 saturated heterocycles. The summed E-state index contributed by atoms with van der Waals surface area (Å²) in [5.41, 5.74) is 0. The molecule has 2 heterocycles. The number of hydrogen-bond acceptors (Lipinski definition) is 5. The normalized spacial score (nSPS) is 23.3. The first-order valence-corrected chi connectivity index (χ1v) is 5.46. The molecule has 1 N–H and O–H groups in total. The van der Waals surface area contributed by atoms with Crippen LogP contribution in [0.25, 0.3) is 0 Å². The summed E-state index contributed by atoms with van der Waals surface area (Å²) in [5.74, 6) is 0.146. The number of nitrogens with one attached hydrogen (secondary N) is 1. The minimum absolute atomic E-state index is 0.0239. The highest BCUT2D eigenvalue weighted by atomic mass is 35.5. The van der Waals surface area contributed by atoms with Crippen LogP contribution in [0.1, 0.15) is 13.8 Å². The first-order chi connectivity index (χ1) is 7.55. The molecule has 0 bridgehead atoms. The minimum Gasteiger partial charge on any atom is -0.366 e. The molecule has 1 fully saturated rings. The van der Waals surface area contributed by atoms with Gasteiger partial charge in [-0.3, -0.25) is 4.98 Å². The highest BCUT2D eigenvalue weighted by molar-refractivity contribution is 6.29. The van der Waals surface area contributed by atoms with Crippen molar-refractivity contribution in [1.82, 2.24) is 9.97 Å². The largest absolute Gasteiger partial charge is 0.366 e. The summed E-state index contributed by atoms with van der Waals surface area (Å²) in [4.78, 5) is 7.99. The van der Waals surface area contributed by atoms with Crippen molar-refractivity contribution in [1.29, 1.82) is 0 Å². The van der Waals surface area contributed by atoms with Crippen molar-refractivity contribution in [2.75, 3.05) is 18.5 Å². The Balaban J connectivity index is 1.84. The highest BCUT2D eigenvalue weighted by Crippen LogP contribution is 2.22. The molecular formula is C10H14ClN3O2. The van der Waals surface area contributed by atoms with Gasteiger partial charge in [0.2, 0.25) is 0 Å².